The number of benzene rings is 1. The number of hydrogen-bond donors (Lipinski definition) is 0. The van der Waals surface area contributed by atoms with Crippen molar-refractivity contribution >= 4 is 5.97 Å². The van der Waals surface area contributed by atoms with Crippen LogP contribution in [0.4, 0.5) is 0 Å². The van der Waals surface area contributed by atoms with E-state index < -0.39 is 0 Å². The number of carbonyl (C=O) groups is 1. The van der Waals surface area contributed by atoms with Crippen molar-refractivity contribution < 1.29 is 19.0 Å². The van der Waals surface area contributed by atoms with E-state index >= 15 is 0 Å². The van der Waals surface area contributed by atoms with E-state index in [1.165, 1.54) is 5.56 Å². The average Bonchev–Trinajstić information content (AvgIpc) is 2.78. The predicted molar refractivity (Wildman–Crippen MR) is 147 cm³/mol. The number of carbonyl (C=O) groups excluding carboxylic acids is 1. The summed E-state index contributed by atoms with van der Waals surface area (Å²) in [6.07, 6.45) is 4.12. The molecule has 0 fully saturated rings. The molecule has 0 aromatic heterocycles. The Bertz CT molecular complexity index is 764. The number of methoxy groups -OCH3 is 1. The molecule has 4 heteroatoms. The van der Waals surface area contributed by atoms with Gasteiger partial charge in [0.05, 0.1) is 17.9 Å². The molecule has 0 bridgehead atoms. The van der Waals surface area contributed by atoms with E-state index in [1.54, 1.807) is 7.11 Å². The maximum Gasteiger partial charge on any atom is 0.338 e. The lowest BCUT2D eigenvalue weighted by molar-refractivity contribution is -0.00500. The van der Waals surface area contributed by atoms with Gasteiger partial charge in [-0.05, 0) is 72.0 Å². The second-order valence-corrected chi connectivity index (χ2v) is 11.4. The third-order valence-corrected chi connectivity index (χ3v) is 6.88. The maximum absolute atomic E-state index is 13.2. The summed E-state index contributed by atoms with van der Waals surface area (Å²) in [6.45, 7) is 24.5. The topological polar surface area (TPSA) is 44.8 Å². The van der Waals surface area contributed by atoms with E-state index in [9.17, 15) is 4.79 Å². The fourth-order valence-electron chi connectivity index (χ4n) is 4.77. The first-order valence-corrected chi connectivity index (χ1v) is 13.5. The Labute approximate surface area is 215 Å². The molecule has 0 N–H and O–H groups in total. The van der Waals surface area contributed by atoms with Gasteiger partial charge >= 0.3 is 5.97 Å². The van der Waals surface area contributed by atoms with Gasteiger partial charge < -0.3 is 14.2 Å². The minimum Gasteiger partial charge on any atom is -0.472 e. The molecule has 0 saturated heterocycles. The van der Waals surface area contributed by atoms with Crippen molar-refractivity contribution in [1.29, 1.82) is 0 Å². The molecule has 1 rings (SSSR count). The van der Waals surface area contributed by atoms with Crippen LogP contribution in [-0.2, 0) is 14.2 Å². The van der Waals surface area contributed by atoms with Crippen LogP contribution in [0, 0.1) is 17.8 Å². The maximum atomic E-state index is 13.2. The Balaban J connectivity index is 2.65. The number of allylic oxidation sites excluding steroid dienone is 1. The van der Waals surface area contributed by atoms with Crippen LogP contribution in [0.2, 0.25) is 0 Å². The SMILES string of the molecule is C=C(OCOC)[C@H](C)C[C@@H](C)C[C@H](C)CCCOC(=O)c1c(C(C)C)cc(C(C)C)cc1C(C)C. The van der Waals surface area contributed by atoms with Crippen LogP contribution in [0.3, 0.4) is 0 Å². The summed E-state index contributed by atoms with van der Waals surface area (Å²) in [6, 6.07) is 4.41. The van der Waals surface area contributed by atoms with Gasteiger partial charge in [0.1, 0.15) is 0 Å². The van der Waals surface area contributed by atoms with E-state index in [0.717, 1.165) is 48.1 Å². The van der Waals surface area contributed by atoms with Crippen LogP contribution >= 0.6 is 0 Å². The molecule has 200 valence electrons. The van der Waals surface area contributed by atoms with Gasteiger partial charge in [-0.3, -0.25) is 0 Å². The van der Waals surface area contributed by atoms with Gasteiger partial charge in [-0.25, -0.2) is 4.79 Å². The van der Waals surface area contributed by atoms with Crippen molar-refractivity contribution in [2.75, 3.05) is 20.5 Å². The van der Waals surface area contributed by atoms with Crippen molar-refractivity contribution in [1.82, 2.24) is 0 Å². The van der Waals surface area contributed by atoms with Gasteiger partial charge in [-0.2, -0.15) is 0 Å². The molecule has 0 spiro atoms. The van der Waals surface area contributed by atoms with E-state index in [4.69, 9.17) is 14.2 Å². The van der Waals surface area contributed by atoms with Crippen LogP contribution < -0.4 is 0 Å². The Kier molecular flexibility index (Phi) is 13.7. The van der Waals surface area contributed by atoms with E-state index in [0.29, 0.717) is 30.3 Å². The minimum atomic E-state index is -0.169. The fraction of sp³-hybridized carbons (Fsp3) is 0.710. The summed E-state index contributed by atoms with van der Waals surface area (Å²) in [4.78, 5) is 13.2. The van der Waals surface area contributed by atoms with E-state index in [-0.39, 0.29) is 24.6 Å². The second-order valence-electron chi connectivity index (χ2n) is 11.4. The monoisotopic (exact) mass is 488 g/mol. The standard InChI is InChI=1S/C31H52O4/c1-20(2)27-17-28(21(3)4)30(29(18-27)22(5)6)31(32)34-14-12-13-23(7)15-24(8)16-25(9)26(10)35-19-33-11/h17-18,20-25H,10,12-16,19H2,1-9,11H3/t23-,24+,25-/m1/s1. The Morgan fingerprint density at radius 1 is 0.829 bits per heavy atom. The highest BCUT2D eigenvalue weighted by molar-refractivity contribution is 5.93. The molecule has 0 aliphatic carbocycles. The molecule has 0 unspecified atom stereocenters. The highest BCUT2D eigenvalue weighted by Crippen LogP contribution is 2.33. The molecular weight excluding hydrogens is 436 g/mol. The van der Waals surface area contributed by atoms with Gasteiger partial charge in [0.25, 0.3) is 0 Å². The zero-order valence-electron chi connectivity index (χ0n) is 24.2. The molecular formula is C31H52O4. The highest BCUT2D eigenvalue weighted by Gasteiger charge is 2.23. The number of esters is 1. The first kappa shape index (κ1) is 31.2. The summed E-state index contributed by atoms with van der Waals surface area (Å²) in [5, 5.41) is 0. The molecule has 0 aliphatic heterocycles. The summed E-state index contributed by atoms with van der Waals surface area (Å²) < 4.78 is 16.3. The number of ether oxygens (including phenoxy) is 3. The quantitative estimate of drug-likeness (QED) is 0.101. The second kappa shape index (κ2) is 15.3. The Hall–Kier alpha value is -1.81. The van der Waals surface area contributed by atoms with Crippen molar-refractivity contribution in [3.63, 3.8) is 0 Å². The van der Waals surface area contributed by atoms with Crippen LogP contribution in [-0.4, -0.2) is 26.5 Å². The Morgan fingerprint density at radius 2 is 1.40 bits per heavy atom. The third-order valence-electron chi connectivity index (χ3n) is 6.88. The van der Waals surface area contributed by atoms with E-state index in [2.05, 4.69) is 81.0 Å². The molecule has 1 aromatic rings. The van der Waals surface area contributed by atoms with Gasteiger partial charge in [0, 0.05) is 13.0 Å². The minimum absolute atomic E-state index is 0.169. The summed E-state index contributed by atoms with van der Waals surface area (Å²) >= 11 is 0. The lowest BCUT2D eigenvalue weighted by Gasteiger charge is -2.23. The summed E-state index contributed by atoms with van der Waals surface area (Å²) in [5.74, 6) is 3.05. The van der Waals surface area contributed by atoms with Crippen molar-refractivity contribution in [2.45, 2.75) is 106 Å². The van der Waals surface area contributed by atoms with Crippen LogP contribution in [0.1, 0.15) is 133 Å². The first-order valence-electron chi connectivity index (χ1n) is 13.5. The zero-order chi connectivity index (χ0) is 26.7. The van der Waals surface area contributed by atoms with E-state index in [1.807, 2.05) is 0 Å². The smallest absolute Gasteiger partial charge is 0.338 e. The van der Waals surface area contributed by atoms with Crippen molar-refractivity contribution in [3.05, 3.63) is 46.7 Å². The van der Waals surface area contributed by atoms with Crippen molar-refractivity contribution in [3.8, 4) is 0 Å². The number of hydrogen-bond acceptors (Lipinski definition) is 4. The summed E-state index contributed by atoms with van der Waals surface area (Å²) in [5.41, 5.74) is 4.29. The van der Waals surface area contributed by atoms with Gasteiger partial charge in [-0.1, -0.05) is 81.0 Å². The normalized spacial score (nSPS) is 14.3. The molecule has 35 heavy (non-hydrogen) atoms. The Morgan fingerprint density at radius 3 is 1.89 bits per heavy atom. The summed E-state index contributed by atoms with van der Waals surface area (Å²) in [7, 11) is 1.62. The lowest BCUT2D eigenvalue weighted by atomic mass is 9.84. The van der Waals surface area contributed by atoms with Crippen LogP contribution in [0.5, 0.6) is 0 Å². The largest absolute Gasteiger partial charge is 0.472 e. The molecule has 0 heterocycles. The fourth-order valence-corrected chi connectivity index (χ4v) is 4.77. The number of rotatable bonds is 16. The highest BCUT2D eigenvalue weighted by atomic mass is 16.7. The zero-order valence-corrected chi connectivity index (χ0v) is 24.2. The lowest BCUT2D eigenvalue weighted by Crippen LogP contribution is -2.16. The molecule has 1 aromatic carbocycles. The third kappa shape index (κ3) is 10.4. The first-order chi connectivity index (χ1) is 16.4. The molecule has 4 nitrogen and oxygen atoms in total. The molecule has 0 aliphatic rings. The van der Waals surface area contributed by atoms with Crippen LogP contribution in [0.15, 0.2) is 24.5 Å². The van der Waals surface area contributed by atoms with Crippen LogP contribution in [0.25, 0.3) is 0 Å². The molecule has 3 atom stereocenters. The molecule has 0 amide bonds. The predicted octanol–water partition coefficient (Wildman–Crippen LogP) is 8.82. The molecule has 0 radical (unpaired) electrons. The molecule has 0 saturated carbocycles. The van der Waals surface area contributed by atoms with Crippen molar-refractivity contribution in [2.24, 2.45) is 17.8 Å². The van der Waals surface area contributed by atoms with Gasteiger partial charge in [0.2, 0.25) is 0 Å². The van der Waals surface area contributed by atoms with Gasteiger partial charge in [-0.15, -0.1) is 0 Å². The average molecular weight is 489 g/mol. The van der Waals surface area contributed by atoms with Gasteiger partial charge in [0.15, 0.2) is 6.79 Å².